The maximum absolute atomic E-state index is 12.6. The van der Waals surface area contributed by atoms with Crippen LogP contribution in [0.4, 0.5) is 0 Å². The summed E-state index contributed by atoms with van der Waals surface area (Å²) in [4.78, 5) is 14.8. The monoisotopic (exact) mass is 454 g/mol. The normalized spacial score (nSPS) is 11.0. The van der Waals surface area contributed by atoms with Crippen LogP contribution in [0.2, 0.25) is 0 Å². The van der Waals surface area contributed by atoms with Crippen molar-refractivity contribution >= 4 is 23.2 Å². The Bertz CT molecular complexity index is 1270. The van der Waals surface area contributed by atoms with Gasteiger partial charge in [0.25, 0.3) is 0 Å². The predicted molar refractivity (Wildman–Crippen MR) is 136 cm³/mol. The quantitative estimate of drug-likeness (QED) is 0.204. The van der Waals surface area contributed by atoms with Gasteiger partial charge in [-0.3, -0.25) is 4.79 Å². The first kappa shape index (κ1) is 22.6. The fraction of sp³-hybridized carbons (Fsp3) is 0.138. The molecule has 0 aliphatic carbocycles. The van der Waals surface area contributed by atoms with E-state index < -0.39 is 0 Å². The van der Waals surface area contributed by atoms with Crippen LogP contribution in [-0.2, 0) is 6.61 Å². The average Bonchev–Trinajstić information content (AvgIpc) is 3.20. The Kier molecular flexibility index (Phi) is 7.06. The molecule has 0 fully saturated rings. The molecule has 4 heteroatoms. The van der Waals surface area contributed by atoms with E-state index in [0.29, 0.717) is 6.61 Å². The molecule has 1 heterocycles. The number of aryl methyl sites for hydroxylation is 2. The summed E-state index contributed by atoms with van der Waals surface area (Å²) in [6.45, 7) is 4.36. The molecule has 3 aromatic carbocycles. The van der Waals surface area contributed by atoms with Crippen molar-refractivity contribution in [3.63, 3.8) is 0 Å². The summed E-state index contributed by atoms with van der Waals surface area (Å²) in [5.41, 5.74) is 4.93. The fourth-order valence-electron chi connectivity index (χ4n) is 3.69. The van der Waals surface area contributed by atoms with Crippen molar-refractivity contribution in [2.24, 2.45) is 0 Å². The zero-order chi connectivity index (χ0) is 23.2. The van der Waals surface area contributed by atoms with E-state index in [1.165, 1.54) is 5.56 Å². The molecule has 0 saturated carbocycles. The van der Waals surface area contributed by atoms with Crippen LogP contribution < -0.4 is 9.47 Å². The lowest BCUT2D eigenvalue weighted by Crippen LogP contribution is -1.99. The van der Waals surface area contributed by atoms with E-state index in [0.717, 1.165) is 43.5 Å². The standard InChI is InChI=1S/C29H26O3S/c1-20-17-27(21(2)33-20)28(30)15-9-22-10-16-29(31-3)25(18-22)19-32-26-13-11-24(12-14-26)23-7-5-4-6-8-23/h4-18H,19H2,1-3H3/b15-9+. The summed E-state index contributed by atoms with van der Waals surface area (Å²) >= 11 is 1.64. The number of thiophene rings is 1. The minimum atomic E-state index is 0.0176. The highest BCUT2D eigenvalue weighted by Gasteiger charge is 2.10. The van der Waals surface area contributed by atoms with Crippen LogP contribution in [-0.4, -0.2) is 12.9 Å². The van der Waals surface area contributed by atoms with E-state index >= 15 is 0 Å². The largest absolute Gasteiger partial charge is 0.496 e. The third-order valence-electron chi connectivity index (χ3n) is 5.39. The van der Waals surface area contributed by atoms with Gasteiger partial charge in [-0.05, 0) is 66.9 Å². The fourth-order valence-corrected chi connectivity index (χ4v) is 4.62. The average molecular weight is 455 g/mol. The minimum absolute atomic E-state index is 0.0176. The Hall–Kier alpha value is -3.63. The Labute approximate surface area is 198 Å². The summed E-state index contributed by atoms with van der Waals surface area (Å²) in [6, 6.07) is 26.1. The van der Waals surface area contributed by atoms with E-state index in [2.05, 4.69) is 24.3 Å². The van der Waals surface area contributed by atoms with Gasteiger partial charge in [0.05, 0.1) is 7.11 Å². The van der Waals surface area contributed by atoms with Gasteiger partial charge < -0.3 is 9.47 Å². The number of ketones is 1. The number of carbonyl (C=O) groups excluding carboxylic acids is 1. The second kappa shape index (κ2) is 10.3. The van der Waals surface area contributed by atoms with Gasteiger partial charge in [-0.2, -0.15) is 0 Å². The first-order valence-corrected chi connectivity index (χ1v) is 11.6. The lowest BCUT2D eigenvalue weighted by Gasteiger charge is -2.12. The molecule has 3 nitrogen and oxygen atoms in total. The first-order valence-electron chi connectivity index (χ1n) is 10.8. The number of benzene rings is 3. The molecule has 0 aliphatic heterocycles. The second-order valence-electron chi connectivity index (χ2n) is 7.77. The Morgan fingerprint density at radius 3 is 2.30 bits per heavy atom. The summed E-state index contributed by atoms with van der Waals surface area (Å²) in [6.07, 6.45) is 3.47. The van der Waals surface area contributed by atoms with E-state index in [9.17, 15) is 4.79 Å². The summed E-state index contributed by atoms with van der Waals surface area (Å²) in [5, 5.41) is 0. The SMILES string of the molecule is COc1ccc(/C=C/C(=O)c2cc(C)sc2C)cc1COc1ccc(-c2ccccc2)cc1. The van der Waals surface area contributed by atoms with Crippen LogP contribution in [0.3, 0.4) is 0 Å². The van der Waals surface area contributed by atoms with Gasteiger partial charge in [0.1, 0.15) is 18.1 Å². The van der Waals surface area contributed by atoms with Crippen molar-refractivity contribution in [3.8, 4) is 22.6 Å². The third kappa shape index (κ3) is 5.60. The van der Waals surface area contributed by atoms with E-state index in [1.807, 2.05) is 74.5 Å². The number of ether oxygens (including phenoxy) is 2. The summed E-state index contributed by atoms with van der Waals surface area (Å²) < 4.78 is 11.5. The van der Waals surface area contributed by atoms with Crippen LogP contribution in [0.1, 0.15) is 31.2 Å². The lowest BCUT2D eigenvalue weighted by atomic mass is 10.1. The van der Waals surface area contributed by atoms with Crippen LogP contribution in [0.25, 0.3) is 17.2 Å². The molecule has 0 amide bonds. The highest BCUT2D eigenvalue weighted by atomic mass is 32.1. The van der Waals surface area contributed by atoms with Crippen LogP contribution >= 0.6 is 11.3 Å². The Morgan fingerprint density at radius 2 is 1.64 bits per heavy atom. The maximum Gasteiger partial charge on any atom is 0.186 e. The number of allylic oxidation sites excluding steroid dienone is 1. The molecule has 4 rings (SSSR count). The Balaban J connectivity index is 1.46. The highest BCUT2D eigenvalue weighted by Crippen LogP contribution is 2.26. The van der Waals surface area contributed by atoms with E-state index in [-0.39, 0.29) is 5.78 Å². The van der Waals surface area contributed by atoms with Crippen molar-refractivity contribution in [3.05, 3.63) is 111 Å². The lowest BCUT2D eigenvalue weighted by molar-refractivity contribution is 0.104. The van der Waals surface area contributed by atoms with Gasteiger partial charge in [-0.25, -0.2) is 0 Å². The van der Waals surface area contributed by atoms with Gasteiger partial charge in [-0.15, -0.1) is 11.3 Å². The topological polar surface area (TPSA) is 35.5 Å². The molecule has 0 atom stereocenters. The van der Waals surface area contributed by atoms with Crippen LogP contribution in [0, 0.1) is 13.8 Å². The molecule has 0 N–H and O–H groups in total. The summed E-state index contributed by atoms with van der Waals surface area (Å²) in [7, 11) is 1.65. The van der Waals surface area contributed by atoms with Crippen LogP contribution in [0.5, 0.6) is 11.5 Å². The highest BCUT2D eigenvalue weighted by molar-refractivity contribution is 7.12. The zero-order valence-corrected chi connectivity index (χ0v) is 19.8. The molecular formula is C29H26O3S. The van der Waals surface area contributed by atoms with Crippen molar-refractivity contribution < 1.29 is 14.3 Å². The molecule has 0 saturated heterocycles. The molecule has 0 radical (unpaired) electrons. The first-order chi connectivity index (χ1) is 16.0. The van der Waals surface area contributed by atoms with Gasteiger partial charge in [0, 0.05) is 20.9 Å². The summed E-state index contributed by atoms with van der Waals surface area (Å²) in [5.74, 6) is 1.56. The Morgan fingerprint density at radius 1 is 0.909 bits per heavy atom. The van der Waals surface area contributed by atoms with Crippen molar-refractivity contribution in [2.75, 3.05) is 7.11 Å². The van der Waals surface area contributed by atoms with Crippen LogP contribution in [0.15, 0.2) is 84.9 Å². The number of methoxy groups -OCH3 is 1. The van der Waals surface area contributed by atoms with Crippen molar-refractivity contribution in [1.29, 1.82) is 0 Å². The van der Waals surface area contributed by atoms with Crippen molar-refractivity contribution in [2.45, 2.75) is 20.5 Å². The zero-order valence-electron chi connectivity index (χ0n) is 19.0. The van der Waals surface area contributed by atoms with Gasteiger partial charge in [-0.1, -0.05) is 54.6 Å². The molecular weight excluding hydrogens is 428 g/mol. The van der Waals surface area contributed by atoms with Gasteiger partial charge >= 0.3 is 0 Å². The molecule has 0 spiro atoms. The molecule has 0 unspecified atom stereocenters. The number of rotatable bonds is 8. The molecule has 4 aromatic rings. The molecule has 33 heavy (non-hydrogen) atoms. The third-order valence-corrected chi connectivity index (χ3v) is 6.36. The molecule has 0 aliphatic rings. The minimum Gasteiger partial charge on any atom is -0.496 e. The smallest absolute Gasteiger partial charge is 0.186 e. The van der Waals surface area contributed by atoms with E-state index in [1.54, 1.807) is 24.5 Å². The molecule has 166 valence electrons. The molecule has 0 bridgehead atoms. The van der Waals surface area contributed by atoms with Crippen molar-refractivity contribution in [1.82, 2.24) is 0 Å². The number of carbonyl (C=O) groups is 1. The van der Waals surface area contributed by atoms with Gasteiger partial charge in [0.2, 0.25) is 0 Å². The number of hydrogen-bond acceptors (Lipinski definition) is 4. The second-order valence-corrected chi connectivity index (χ2v) is 9.24. The molecule has 1 aromatic heterocycles. The number of hydrogen-bond donors (Lipinski definition) is 0. The van der Waals surface area contributed by atoms with E-state index in [4.69, 9.17) is 9.47 Å². The maximum atomic E-state index is 12.6. The van der Waals surface area contributed by atoms with Gasteiger partial charge in [0.15, 0.2) is 5.78 Å². The predicted octanol–water partition coefficient (Wildman–Crippen LogP) is 7.52.